The molecule has 2 unspecified atom stereocenters. The highest BCUT2D eigenvalue weighted by Crippen LogP contribution is 2.38. The second kappa shape index (κ2) is 3.56. The molecule has 0 heterocycles. The van der Waals surface area contributed by atoms with Crippen LogP contribution in [0.5, 0.6) is 0 Å². The molecule has 1 aromatic rings. The predicted molar refractivity (Wildman–Crippen MR) is 57.5 cm³/mol. The summed E-state index contributed by atoms with van der Waals surface area (Å²) in [5.74, 6) is 1.08. The van der Waals surface area contributed by atoms with Gasteiger partial charge in [0.15, 0.2) is 0 Å². The zero-order chi connectivity index (χ0) is 10.1. The van der Waals surface area contributed by atoms with E-state index >= 15 is 0 Å². The molecule has 1 aliphatic rings. The minimum absolute atomic E-state index is 0.155. The normalized spacial score (nSPS) is 25.6. The number of Topliss-reactive ketones (excluding diaryl/α,β-unsaturated/α-hetero) is 1. The first kappa shape index (κ1) is 9.45. The van der Waals surface area contributed by atoms with Gasteiger partial charge in [-0.05, 0) is 36.8 Å². The lowest BCUT2D eigenvalue weighted by molar-refractivity contribution is -0.118. The summed E-state index contributed by atoms with van der Waals surface area (Å²) >= 11 is 0. The second-order valence-corrected chi connectivity index (χ2v) is 4.27. The molecule has 0 bridgehead atoms. The smallest absolute Gasteiger partial charge is 0.137 e. The number of benzene rings is 1. The van der Waals surface area contributed by atoms with E-state index in [9.17, 15) is 4.79 Å². The van der Waals surface area contributed by atoms with Gasteiger partial charge in [0.25, 0.3) is 0 Å². The van der Waals surface area contributed by atoms with Crippen LogP contribution in [0.4, 0.5) is 0 Å². The van der Waals surface area contributed by atoms with Crippen molar-refractivity contribution >= 4 is 5.78 Å². The van der Waals surface area contributed by atoms with Crippen LogP contribution in [0.2, 0.25) is 0 Å². The van der Waals surface area contributed by atoms with Crippen molar-refractivity contribution in [2.24, 2.45) is 0 Å². The maximum atomic E-state index is 11.5. The van der Waals surface area contributed by atoms with Crippen molar-refractivity contribution in [1.29, 1.82) is 0 Å². The molecule has 1 aliphatic carbocycles. The summed E-state index contributed by atoms with van der Waals surface area (Å²) < 4.78 is 0. The molecular weight excluding hydrogens is 172 g/mol. The first-order valence-corrected chi connectivity index (χ1v) is 5.29. The minimum atomic E-state index is 0.155. The Hall–Kier alpha value is -1.11. The van der Waals surface area contributed by atoms with Gasteiger partial charge in [-0.25, -0.2) is 0 Å². The molecule has 0 saturated carbocycles. The van der Waals surface area contributed by atoms with Crippen LogP contribution < -0.4 is 0 Å². The summed E-state index contributed by atoms with van der Waals surface area (Å²) in [6.45, 7) is 3.95. The molecule has 0 aliphatic heterocycles. The van der Waals surface area contributed by atoms with E-state index in [-0.39, 0.29) is 5.92 Å². The zero-order valence-electron chi connectivity index (χ0n) is 8.79. The molecule has 14 heavy (non-hydrogen) atoms. The van der Waals surface area contributed by atoms with Crippen LogP contribution in [0.1, 0.15) is 49.7 Å². The maximum absolute atomic E-state index is 11.5. The maximum Gasteiger partial charge on any atom is 0.137 e. The van der Waals surface area contributed by atoms with Gasteiger partial charge in [-0.2, -0.15) is 0 Å². The third-order valence-electron chi connectivity index (χ3n) is 3.28. The van der Waals surface area contributed by atoms with E-state index in [1.165, 1.54) is 11.1 Å². The zero-order valence-corrected chi connectivity index (χ0v) is 8.79. The van der Waals surface area contributed by atoms with Gasteiger partial charge in [-0.1, -0.05) is 31.2 Å². The van der Waals surface area contributed by atoms with E-state index in [0.29, 0.717) is 11.7 Å². The number of hydrogen-bond acceptors (Lipinski definition) is 1. The van der Waals surface area contributed by atoms with Gasteiger partial charge in [0.2, 0.25) is 0 Å². The largest absolute Gasteiger partial charge is 0.299 e. The van der Waals surface area contributed by atoms with Gasteiger partial charge in [0.05, 0.1) is 0 Å². The summed E-state index contributed by atoms with van der Waals surface area (Å²) in [6.07, 6.45) is 2.16. The highest BCUT2D eigenvalue weighted by molar-refractivity contribution is 5.84. The molecule has 0 N–H and O–H groups in total. The highest BCUT2D eigenvalue weighted by atomic mass is 16.1. The van der Waals surface area contributed by atoms with Crippen LogP contribution in [0.3, 0.4) is 0 Å². The molecule has 0 aromatic heterocycles. The lowest BCUT2D eigenvalue weighted by atomic mass is 9.76. The molecule has 1 aromatic carbocycles. The van der Waals surface area contributed by atoms with Crippen LogP contribution in [0, 0.1) is 0 Å². The molecule has 0 saturated heterocycles. The summed E-state index contributed by atoms with van der Waals surface area (Å²) in [5.41, 5.74) is 2.64. The van der Waals surface area contributed by atoms with Crippen molar-refractivity contribution in [2.45, 2.75) is 38.5 Å². The average Bonchev–Trinajstić information content (AvgIpc) is 2.18. The standard InChI is InChI=1S/C13H16O/c1-9-7-8-12(10(2)14)13-6-4-3-5-11(9)13/h3-6,9,12H,7-8H2,1-2H3. The van der Waals surface area contributed by atoms with Gasteiger partial charge >= 0.3 is 0 Å². The van der Waals surface area contributed by atoms with E-state index in [1.807, 2.05) is 6.07 Å². The van der Waals surface area contributed by atoms with Gasteiger partial charge in [-0.15, -0.1) is 0 Å². The number of rotatable bonds is 1. The van der Waals surface area contributed by atoms with Crippen molar-refractivity contribution in [3.8, 4) is 0 Å². The fourth-order valence-electron chi connectivity index (χ4n) is 2.43. The Morgan fingerprint density at radius 1 is 1.21 bits per heavy atom. The third-order valence-corrected chi connectivity index (χ3v) is 3.28. The molecule has 1 heteroatoms. The number of carbonyl (C=O) groups is 1. The molecule has 0 fully saturated rings. The fraction of sp³-hybridized carbons (Fsp3) is 0.462. The summed E-state index contributed by atoms with van der Waals surface area (Å²) in [6, 6.07) is 8.37. The lowest BCUT2D eigenvalue weighted by Gasteiger charge is -2.28. The first-order valence-electron chi connectivity index (χ1n) is 5.29. The quantitative estimate of drug-likeness (QED) is 0.661. The number of ketones is 1. The molecule has 1 nitrogen and oxygen atoms in total. The third kappa shape index (κ3) is 1.47. The Bertz CT molecular complexity index is 354. The van der Waals surface area contributed by atoms with Crippen LogP contribution in [0.25, 0.3) is 0 Å². The van der Waals surface area contributed by atoms with Crippen LogP contribution >= 0.6 is 0 Å². The summed E-state index contributed by atoms with van der Waals surface area (Å²) in [5, 5.41) is 0. The van der Waals surface area contributed by atoms with Gasteiger partial charge in [0, 0.05) is 5.92 Å². The topological polar surface area (TPSA) is 17.1 Å². The highest BCUT2D eigenvalue weighted by Gasteiger charge is 2.26. The van der Waals surface area contributed by atoms with E-state index in [1.54, 1.807) is 6.92 Å². The fourth-order valence-corrected chi connectivity index (χ4v) is 2.43. The Kier molecular flexibility index (Phi) is 2.40. The van der Waals surface area contributed by atoms with Crippen LogP contribution in [-0.4, -0.2) is 5.78 Å². The van der Waals surface area contributed by atoms with Gasteiger partial charge in [-0.3, -0.25) is 4.79 Å². The number of carbonyl (C=O) groups excluding carboxylic acids is 1. The number of hydrogen-bond donors (Lipinski definition) is 0. The van der Waals surface area contributed by atoms with Crippen LogP contribution in [-0.2, 0) is 4.79 Å². The van der Waals surface area contributed by atoms with Gasteiger partial charge < -0.3 is 0 Å². The molecule has 0 radical (unpaired) electrons. The molecule has 0 amide bonds. The van der Waals surface area contributed by atoms with Crippen molar-refractivity contribution < 1.29 is 4.79 Å². The first-order chi connectivity index (χ1) is 6.70. The van der Waals surface area contributed by atoms with Crippen molar-refractivity contribution in [2.75, 3.05) is 0 Å². The van der Waals surface area contributed by atoms with E-state index in [4.69, 9.17) is 0 Å². The van der Waals surface area contributed by atoms with E-state index in [0.717, 1.165) is 12.8 Å². The second-order valence-electron chi connectivity index (χ2n) is 4.27. The molecule has 74 valence electrons. The molecular formula is C13H16O. The Balaban J connectivity index is 2.46. The predicted octanol–water partition coefficient (Wildman–Crippen LogP) is 3.26. The molecule has 2 atom stereocenters. The Labute approximate surface area is 85.1 Å². The number of fused-ring (bicyclic) bond motifs is 1. The summed E-state index contributed by atoms with van der Waals surface area (Å²) in [4.78, 5) is 11.5. The molecule has 0 spiro atoms. The van der Waals surface area contributed by atoms with E-state index in [2.05, 4.69) is 25.1 Å². The lowest BCUT2D eigenvalue weighted by Crippen LogP contribution is -2.17. The Morgan fingerprint density at radius 3 is 2.50 bits per heavy atom. The van der Waals surface area contributed by atoms with Crippen molar-refractivity contribution in [3.05, 3.63) is 35.4 Å². The molecule has 2 rings (SSSR count). The average molecular weight is 188 g/mol. The monoisotopic (exact) mass is 188 g/mol. The van der Waals surface area contributed by atoms with Gasteiger partial charge in [0.1, 0.15) is 5.78 Å². The SMILES string of the molecule is CC(=O)C1CCC(C)c2ccccc21. The van der Waals surface area contributed by atoms with Crippen molar-refractivity contribution in [3.63, 3.8) is 0 Å². The van der Waals surface area contributed by atoms with Crippen molar-refractivity contribution in [1.82, 2.24) is 0 Å². The van der Waals surface area contributed by atoms with Crippen LogP contribution in [0.15, 0.2) is 24.3 Å². The van der Waals surface area contributed by atoms with E-state index < -0.39 is 0 Å². The summed E-state index contributed by atoms with van der Waals surface area (Å²) in [7, 11) is 0. The minimum Gasteiger partial charge on any atom is -0.299 e. The Morgan fingerprint density at radius 2 is 1.86 bits per heavy atom.